The highest BCUT2D eigenvalue weighted by Gasteiger charge is 2.13. The number of amides is 1. The zero-order valence-corrected chi connectivity index (χ0v) is 15.8. The van der Waals surface area contributed by atoms with E-state index in [1.807, 2.05) is 31.2 Å². The quantitative estimate of drug-likeness (QED) is 0.653. The number of aromatic amines is 1. The van der Waals surface area contributed by atoms with Crippen molar-refractivity contribution in [2.24, 2.45) is 0 Å². The minimum atomic E-state index is -0.191. The minimum Gasteiger partial charge on any atom is -0.496 e. The minimum absolute atomic E-state index is 0.185. The van der Waals surface area contributed by atoms with Crippen LogP contribution < -0.4 is 10.1 Å². The third-order valence-corrected chi connectivity index (χ3v) is 4.69. The Morgan fingerprint density at radius 1 is 1.23 bits per heavy atom. The molecular formula is C19H17Cl2N3O2. The van der Waals surface area contributed by atoms with Crippen LogP contribution in [0, 0.1) is 6.92 Å². The number of benzene rings is 2. The highest BCUT2D eigenvalue weighted by molar-refractivity contribution is 6.43. The Morgan fingerprint density at radius 2 is 2.04 bits per heavy atom. The maximum absolute atomic E-state index is 12.4. The average Bonchev–Trinajstić information content (AvgIpc) is 3.05. The fourth-order valence-corrected chi connectivity index (χ4v) is 3.04. The lowest BCUT2D eigenvalue weighted by atomic mass is 10.1. The van der Waals surface area contributed by atoms with Crippen molar-refractivity contribution in [2.45, 2.75) is 13.3 Å². The number of aromatic nitrogens is 2. The summed E-state index contributed by atoms with van der Waals surface area (Å²) in [6, 6.07) is 12.8. The number of rotatable bonds is 5. The molecule has 5 nitrogen and oxygen atoms in total. The number of halogens is 2. The molecule has 0 saturated carbocycles. The van der Waals surface area contributed by atoms with Crippen LogP contribution in [-0.2, 0) is 11.2 Å². The maximum Gasteiger partial charge on any atom is 0.230 e. The van der Waals surface area contributed by atoms with Crippen LogP contribution in [0.5, 0.6) is 5.75 Å². The lowest BCUT2D eigenvalue weighted by Gasteiger charge is -2.09. The van der Waals surface area contributed by atoms with Crippen molar-refractivity contribution in [1.29, 1.82) is 0 Å². The Bertz CT molecular complexity index is 954. The zero-order valence-electron chi connectivity index (χ0n) is 14.3. The van der Waals surface area contributed by atoms with Gasteiger partial charge in [-0.25, -0.2) is 0 Å². The van der Waals surface area contributed by atoms with Crippen molar-refractivity contribution >= 4 is 34.9 Å². The summed E-state index contributed by atoms with van der Waals surface area (Å²) in [5, 5.41) is 10.6. The van der Waals surface area contributed by atoms with Crippen molar-refractivity contribution in [3.63, 3.8) is 0 Å². The van der Waals surface area contributed by atoms with E-state index in [1.165, 1.54) is 0 Å². The molecule has 0 aliphatic heterocycles. The Morgan fingerprint density at radius 3 is 2.81 bits per heavy atom. The molecule has 0 bridgehead atoms. The first-order chi connectivity index (χ1) is 12.5. The molecule has 0 aliphatic carbocycles. The van der Waals surface area contributed by atoms with Gasteiger partial charge in [-0.2, -0.15) is 5.10 Å². The monoisotopic (exact) mass is 389 g/mol. The molecule has 0 spiro atoms. The number of H-pyrrole nitrogens is 1. The molecule has 3 aromatic rings. The Labute approximate surface area is 161 Å². The Kier molecular flexibility index (Phi) is 5.49. The topological polar surface area (TPSA) is 67.0 Å². The normalized spacial score (nSPS) is 10.6. The third-order valence-electron chi connectivity index (χ3n) is 3.87. The van der Waals surface area contributed by atoms with Crippen LogP contribution in [0.15, 0.2) is 42.5 Å². The van der Waals surface area contributed by atoms with Crippen LogP contribution in [0.4, 0.5) is 5.82 Å². The molecule has 1 heterocycles. The lowest BCUT2D eigenvalue weighted by Crippen LogP contribution is -2.15. The Hall–Kier alpha value is -2.50. The van der Waals surface area contributed by atoms with Crippen molar-refractivity contribution in [3.05, 3.63) is 63.6 Å². The van der Waals surface area contributed by atoms with E-state index >= 15 is 0 Å². The molecule has 0 fully saturated rings. The summed E-state index contributed by atoms with van der Waals surface area (Å²) < 4.78 is 5.31. The van der Waals surface area contributed by atoms with Gasteiger partial charge in [-0.15, -0.1) is 0 Å². The van der Waals surface area contributed by atoms with E-state index in [1.54, 1.807) is 25.3 Å². The predicted molar refractivity (Wildman–Crippen MR) is 104 cm³/mol. The molecule has 0 unspecified atom stereocenters. The van der Waals surface area contributed by atoms with Crippen LogP contribution in [0.1, 0.15) is 11.1 Å². The zero-order chi connectivity index (χ0) is 18.7. The molecule has 0 saturated heterocycles. The average molecular weight is 390 g/mol. The second kappa shape index (κ2) is 7.81. The first kappa shape index (κ1) is 18.3. The van der Waals surface area contributed by atoms with Gasteiger partial charge >= 0.3 is 0 Å². The molecular weight excluding hydrogens is 373 g/mol. The van der Waals surface area contributed by atoms with Gasteiger partial charge in [-0.1, -0.05) is 53.0 Å². The van der Waals surface area contributed by atoms with Crippen LogP contribution in [0.3, 0.4) is 0 Å². The summed E-state index contributed by atoms with van der Waals surface area (Å²) >= 11 is 12.3. The molecule has 1 aromatic heterocycles. The molecule has 3 rings (SSSR count). The van der Waals surface area contributed by atoms with E-state index in [4.69, 9.17) is 27.9 Å². The number of hydrogen-bond acceptors (Lipinski definition) is 3. The van der Waals surface area contributed by atoms with Crippen LogP contribution in [-0.4, -0.2) is 23.2 Å². The highest BCUT2D eigenvalue weighted by Crippen LogP contribution is 2.33. The lowest BCUT2D eigenvalue weighted by molar-refractivity contribution is -0.115. The van der Waals surface area contributed by atoms with Gasteiger partial charge in [0, 0.05) is 17.2 Å². The van der Waals surface area contributed by atoms with E-state index in [0.29, 0.717) is 32.9 Å². The molecule has 134 valence electrons. The third kappa shape index (κ3) is 4.00. The van der Waals surface area contributed by atoms with Crippen LogP contribution in [0.2, 0.25) is 10.0 Å². The summed E-state index contributed by atoms with van der Waals surface area (Å²) in [7, 11) is 1.58. The number of carbonyl (C=O) groups is 1. The Balaban J connectivity index is 1.74. The summed E-state index contributed by atoms with van der Waals surface area (Å²) in [6.45, 7) is 1.97. The molecule has 26 heavy (non-hydrogen) atoms. The summed E-state index contributed by atoms with van der Waals surface area (Å²) in [4.78, 5) is 12.4. The van der Waals surface area contributed by atoms with Gasteiger partial charge in [0.25, 0.3) is 0 Å². The molecule has 0 aliphatic rings. The predicted octanol–water partition coefficient (Wildman–Crippen LogP) is 4.88. The second-order valence-corrected chi connectivity index (χ2v) is 6.59. The van der Waals surface area contributed by atoms with Crippen LogP contribution in [0.25, 0.3) is 11.3 Å². The second-order valence-electron chi connectivity index (χ2n) is 5.81. The van der Waals surface area contributed by atoms with Crippen molar-refractivity contribution in [1.82, 2.24) is 10.2 Å². The fraction of sp³-hybridized carbons (Fsp3) is 0.158. The van der Waals surface area contributed by atoms with Gasteiger partial charge in [0.05, 0.1) is 29.3 Å². The number of carbonyl (C=O) groups excluding carboxylic acids is 1. The number of nitrogens with zero attached hydrogens (tertiary/aromatic N) is 1. The number of aryl methyl sites for hydroxylation is 1. The fourth-order valence-electron chi connectivity index (χ4n) is 2.64. The first-order valence-electron chi connectivity index (χ1n) is 7.91. The van der Waals surface area contributed by atoms with E-state index < -0.39 is 0 Å². The van der Waals surface area contributed by atoms with Crippen molar-refractivity contribution in [3.8, 4) is 17.0 Å². The van der Waals surface area contributed by atoms with Gasteiger partial charge in [0.15, 0.2) is 5.82 Å². The van der Waals surface area contributed by atoms with Gasteiger partial charge in [0.1, 0.15) is 5.75 Å². The molecule has 0 atom stereocenters. The largest absolute Gasteiger partial charge is 0.496 e. The van der Waals surface area contributed by atoms with Gasteiger partial charge in [-0.05, 0) is 19.1 Å². The van der Waals surface area contributed by atoms with Gasteiger partial charge < -0.3 is 10.1 Å². The molecule has 7 heteroatoms. The molecule has 2 N–H and O–H groups in total. The number of ether oxygens (including phenoxy) is 1. The molecule has 0 radical (unpaired) electrons. The van der Waals surface area contributed by atoms with Gasteiger partial charge in [-0.3, -0.25) is 9.89 Å². The van der Waals surface area contributed by atoms with E-state index in [-0.39, 0.29) is 12.3 Å². The smallest absolute Gasteiger partial charge is 0.230 e. The molecule has 2 aromatic carbocycles. The van der Waals surface area contributed by atoms with Crippen LogP contribution >= 0.6 is 23.2 Å². The number of hydrogen-bond donors (Lipinski definition) is 2. The summed E-state index contributed by atoms with van der Waals surface area (Å²) in [6.07, 6.45) is 0.185. The van der Waals surface area contributed by atoms with Crippen molar-refractivity contribution < 1.29 is 9.53 Å². The standard InChI is InChI=1S/C19H17Cl2N3O2/c1-11-6-7-16(26-2)12(8-11)9-18(25)22-17-10-15(23-24-17)13-4-3-5-14(20)19(13)21/h3-8,10H,9H2,1-2H3,(H2,22,23,24,25). The summed E-state index contributed by atoms with van der Waals surface area (Å²) in [5.74, 6) is 0.899. The molecule has 1 amide bonds. The highest BCUT2D eigenvalue weighted by atomic mass is 35.5. The summed E-state index contributed by atoms with van der Waals surface area (Å²) in [5.41, 5.74) is 3.26. The number of anilines is 1. The van der Waals surface area contributed by atoms with Crippen molar-refractivity contribution in [2.75, 3.05) is 12.4 Å². The number of nitrogens with one attached hydrogen (secondary N) is 2. The number of methoxy groups -OCH3 is 1. The van der Waals surface area contributed by atoms with E-state index in [2.05, 4.69) is 15.5 Å². The van der Waals surface area contributed by atoms with Gasteiger partial charge in [0.2, 0.25) is 5.91 Å². The van der Waals surface area contributed by atoms with E-state index in [0.717, 1.165) is 11.1 Å². The first-order valence-corrected chi connectivity index (χ1v) is 8.66. The SMILES string of the molecule is COc1ccc(C)cc1CC(=O)Nc1cc(-c2cccc(Cl)c2Cl)[nH]n1. The van der Waals surface area contributed by atoms with E-state index in [9.17, 15) is 4.79 Å². The maximum atomic E-state index is 12.4.